The third-order valence-corrected chi connectivity index (χ3v) is 6.45. The Balaban J connectivity index is 1.64. The van der Waals surface area contributed by atoms with E-state index in [4.69, 9.17) is 9.47 Å². The number of likely N-dealkylation sites (N-methyl/N-ethyl adjacent to an activating group) is 1. The molecule has 1 aliphatic rings. The van der Waals surface area contributed by atoms with E-state index in [1.807, 2.05) is 11.4 Å². The van der Waals surface area contributed by atoms with Crippen molar-refractivity contribution in [3.05, 3.63) is 81.8 Å². The summed E-state index contributed by atoms with van der Waals surface area (Å²) in [6.07, 6.45) is 0.405. The Morgan fingerprint density at radius 2 is 1.91 bits per heavy atom. The van der Waals surface area contributed by atoms with Crippen molar-refractivity contribution in [2.75, 3.05) is 27.8 Å². The number of amides is 2. The lowest BCUT2D eigenvalue weighted by atomic mass is 9.97. The van der Waals surface area contributed by atoms with Gasteiger partial charge < -0.3 is 14.4 Å². The normalized spacial score (nSPS) is 15.1. The second kappa shape index (κ2) is 10.0. The molecule has 4 rings (SSSR count). The van der Waals surface area contributed by atoms with Gasteiger partial charge in [0.1, 0.15) is 23.9 Å². The highest BCUT2D eigenvalue weighted by molar-refractivity contribution is 7.12. The first-order chi connectivity index (χ1) is 16.4. The lowest BCUT2D eigenvalue weighted by Crippen LogP contribution is -2.39. The molecule has 0 aliphatic carbocycles. The Bertz CT molecular complexity index is 1210. The van der Waals surface area contributed by atoms with Crippen molar-refractivity contribution in [1.29, 1.82) is 0 Å². The second-order valence-electron chi connectivity index (χ2n) is 7.76. The number of hydrogen-bond acceptors (Lipinski definition) is 6. The molecule has 3 aromatic rings. The molecule has 0 fully saturated rings. The molecule has 7 nitrogen and oxygen atoms in total. The molecule has 0 bridgehead atoms. The standard InChI is InChI=1S/C25H24FN3O4S/c1-28(25(31)23-5-4-12-34-23)15-24(30)29-21(16-6-8-17(26)9-7-16)14-20(27-29)19-11-10-18(32-2)13-22(19)33-3/h4-13,21H,14-15H2,1-3H3/t21-/m1/s1. The summed E-state index contributed by atoms with van der Waals surface area (Å²) in [6, 6.07) is 14.4. The largest absolute Gasteiger partial charge is 0.497 e. The van der Waals surface area contributed by atoms with Crippen molar-refractivity contribution in [2.45, 2.75) is 12.5 Å². The van der Waals surface area contributed by atoms with Crippen LogP contribution in [0.2, 0.25) is 0 Å². The topological polar surface area (TPSA) is 71.4 Å². The second-order valence-corrected chi connectivity index (χ2v) is 8.71. The molecule has 0 saturated heterocycles. The molecule has 2 amide bonds. The van der Waals surface area contributed by atoms with Crippen LogP contribution in [0, 0.1) is 5.82 Å². The van der Waals surface area contributed by atoms with Gasteiger partial charge in [-0.1, -0.05) is 18.2 Å². The first kappa shape index (κ1) is 23.4. The van der Waals surface area contributed by atoms with Crippen LogP contribution in [-0.4, -0.2) is 55.2 Å². The van der Waals surface area contributed by atoms with E-state index in [2.05, 4.69) is 5.10 Å². The highest BCUT2D eigenvalue weighted by Crippen LogP contribution is 2.36. The molecular weight excluding hydrogens is 457 g/mol. The molecule has 1 aromatic heterocycles. The van der Waals surface area contributed by atoms with Crippen LogP contribution in [0.25, 0.3) is 0 Å². The molecule has 2 heterocycles. The number of hydrazone groups is 1. The van der Waals surface area contributed by atoms with Crippen molar-refractivity contribution in [3.63, 3.8) is 0 Å². The Hall–Kier alpha value is -3.72. The van der Waals surface area contributed by atoms with Crippen LogP contribution < -0.4 is 9.47 Å². The number of ether oxygens (including phenoxy) is 2. The lowest BCUT2D eigenvalue weighted by Gasteiger charge is -2.24. The fourth-order valence-electron chi connectivity index (χ4n) is 3.82. The van der Waals surface area contributed by atoms with E-state index in [0.717, 1.165) is 11.1 Å². The van der Waals surface area contributed by atoms with E-state index >= 15 is 0 Å². The number of carbonyl (C=O) groups excluding carboxylic acids is 2. The number of carbonyl (C=O) groups is 2. The van der Waals surface area contributed by atoms with E-state index in [1.54, 1.807) is 57.7 Å². The molecule has 0 saturated carbocycles. The number of benzene rings is 2. The van der Waals surface area contributed by atoms with Gasteiger partial charge in [-0.15, -0.1) is 11.3 Å². The van der Waals surface area contributed by atoms with Gasteiger partial charge in [0.2, 0.25) is 0 Å². The third kappa shape index (κ3) is 4.79. The molecule has 0 spiro atoms. The van der Waals surface area contributed by atoms with Crippen molar-refractivity contribution >= 4 is 28.9 Å². The summed E-state index contributed by atoms with van der Waals surface area (Å²) < 4.78 is 24.4. The zero-order valence-corrected chi connectivity index (χ0v) is 19.8. The third-order valence-electron chi connectivity index (χ3n) is 5.59. The molecule has 1 atom stereocenters. The summed E-state index contributed by atoms with van der Waals surface area (Å²) in [5.41, 5.74) is 2.12. The lowest BCUT2D eigenvalue weighted by molar-refractivity contribution is -0.133. The van der Waals surface area contributed by atoms with E-state index in [-0.39, 0.29) is 24.2 Å². The van der Waals surface area contributed by atoms with Crippen LogP contribution >= 0.6 is 11.3 Å². The SMILES string of the molecule is COc1ccc(C2=NN(C(=O)CN(C)C(=O)c3cccs3)[C@@H](c3ccc(F)cc3)C2)c(OC)c1. The zero-order chi connectivity index (χ0) is 24.2. The van der Waals surface area contributed by atoms with Gasteiger partial charge in [-0.25, -0.2) is 9.40 Å². The number of methoxy groups -OCH3 is 2. The molecule has 34 heavy (non-hydrogen) atoms. The summed E-state index contributed by atoms with van der Waals surface area (Å²) in [7, 11) is 4.71. The molecule has 9 heteroatoms. The number of thiophene rings is 1. The van der Waals surface area contributed by atoms with Crippen LogP contribution in [0.1, 0.15) is 33.3 Å². The molecule has 176 valence electrons. The maximum atomic E-state index is 13.6. The minimum absolute atomic E-state index is 0.148. The van der Waals surface area contributed by atoms with Crippen molar-refractivity contribution in [2.24, 2.45) is 5.10 Å². The first-order valence-corrected chi connectivity index (χ1v) is 11.5. The van der Waals surface area contributed by atoms with Crippen molar-refractivity contribution < 1.29 is 23.5 Å². The molecule has 1 aliphatic heterocycles. The first-order valence-electron chi connectivity index (χ1n) is 10.6. The van der Waals surface area contributed by atoms with Crippen LogP contribution in [0.15, 0.2) is 65.1 Å². The maximum absolute atomic E-state index is 13.6. The minimum atomic E-state index is -0.444. The minimum Gasteiger partial charge on any atom is -0.497 e. The molecule has 0 unspecified atom stereocenters. The van der Waals surface area contributed by atoms with Crippen LogP contribution in [0.4, 0.5) is 4.39 Å². The molecule has 0 radical (unpaired) electrons. The van der Waals surface area contributed by atoms with Gasteiger partial charge in [0, 0.05) is 25.1 Å². The monoisotopic (exact) mass is 481 g/mol. The summed E-state index contributed by atoms with van der Waals surface area (Å²) in [6.45, 7) is -0.148. The van der Waals surface area contributed by atoms with Crippen LogP contribution in [0.5, 0.6) is 11.5 Å². The smallest absolute Gasteiger partial charge is 0.264 e. The average Bonchev–Trinajstić information content (AvgIpc) is 3.54. The summed E-state index contributed by atoms with van der Waals surface area (Å²) in [4.78, 5) is 27.9. The van der Waals surface area contributed by atoms with Crippen LogP contribution in [-0.2, 0) is 4.79 Å². The van der Waals surface area contributed by atoms with E-state index in [0.29, 0.717) is 28.5 Å². The van der Waals surface area contributed by atoms with Gasteiger partial charge in [0.15, 0.2) is 0 Å². The Morgan fingerprint density at radius 1 is 1.15 bits per heavy atom. The molecular formula is C25H24FN3O4S. The fraction of sp³-hybridized carbons (Fsp3) is 0.240. The number of rotatable bonds is 7. The van der Waals surface area contributed by atoms with Gasteiger partial charge in [0.25, 0.3) is 11.8 Å². The summed E-state index contributed by atoms with van der Waals surface area (Å²) in [5.74, 6) is 0.260. The van der Waals surface area contributed by atoms with Crippen molar-refractivity contribution in [1.82, 2.24) is 9.91 Å². The Labute approximate surface area is 201 Å². The van der Waals surface area contributed by atoms with Gasteiger partial charge >= 0.3 is 0 Å². The van der Waals surface area contributed by atoms with E-state index in [9.17, 15) is 14.0 Å². The highest BCUT2D eigenvalue weighted by atomic mass is 32.1. The quantitative estimate of drug-likeness (QED) is 0.503. The number of halogens is 1. The van der Waals surface area contributed by atoms with E-state index in [1.165, 1.54) is 33.4 Å². The fourth-order valence-corrected chi connectivity index (χ4v) is 4.54. The van der Waals surface area contributed by atoms with Gasteiger partial charge in [0.05, 0.1) is 30.9 Å². The van der Waals surface area contributed by atoms with Gasteiger partial charge in [-0.2, -0.15) is 5.10 Å². The van der Waals surface area contributed by atoms with Crippen molar-refractivity contribution in [3.8, 4) is 11.5 Å². The van der Waals surface area contributed by atoms with E-state index < -0.39 is 6.04 Å². The average molecular weight is 482 g/mol. The number of nitrogens with zero attached hydrogens (tertiary/aromatic N) is 3. The highest BCUT2D eigenvalue weighted by Gasteiger charge is 2.35. The predicted octanol–water partition coefficient (Wildman–Crippen LogP) is 4.35. The van der Waals surface area contributed by atoms with Crippen LogP contribution in [0.3, 0.4) is 0 Å². The molecule has 2 aromatic carbocycles. The number of hydrogen-bond donors (Lipinski definition) is 0. The van der Waals surface area contributed by atoms with Gasteiger partial charge in [-0.05, 0) is 41.3 Å². The summed E-state index contributed by atoms with van der Waals surface area (Å²) in [5, 5.41) is 7.82. The summed E-state index contributed by atoms with van der Waals surface area (Å²) >= 11 is 1.32. The predicted molar refractivity (Wildman–Crippen MR) is 128 cm³/mol. The Morgan fingerprint density at radius 3 is 2.56 bits per heavy atom. The van der Waals surface area contributed by atoms with Gasteiger partial charge in [-0.3, -0.25) is 9.59 Å². The maximum Gasteiger partial charge on any atom is 0.264 e. The molecule has 0 N–H and O–H groups in total. The Kier molecular flexibility index (Phi) is 6.93. The zero-order valence-electron chi connectivity index (χ0n) is 19.0.